The molecule has 1 atom stereocenters. The monoisotopic (exact) mass is 294 g/mol. The molecular weight excluding hydrogens is 276 g/mol. The normalized spacial score (nSPS) is 11.3. The smallest absolute Gasteiger partial charge is 0.251 e. The first-order valence-corrected chi connectivity index (χ1v) is 6.14. The van der Waals surface area contributed by atoms with E-state index >= 15 is 0 Å². The van der Waals surface area contributed by atoms with Gasteiger partial charge in [0, 0.05) is 25.3 Å². The van der Waals surface area contributed by atoms with E-state index in [-0.39, 0.29) is 24.4 Å². The number of aromatic amines is 1. The van der Waals surface area contributed by atoms with Gasteiger partial charge in [-0.2, -0.15) is 0 Å². The Labute approximate surface area is 124 Å². The standard InChI is InChI=1S/C14H18N4O.ClH/c1-10(13-8-15-9-16-13)17-14(19)11-4-6-12(7-5-11)18(2)3;/h4-10H,1-3H3,(H,15,16)(H,17,19);1H. The van der Waals surface area contributed by atoms with Crippen molar-refractivity contribution in [3.05, 3.63) is 48.0 Å². The quantitative estimate of drug-likeness (QED) is 0.910. The molecule has 0 aliphatic carbocycles. The molecule has 0 aliphatic rings. The fraction of sp³-hybridized carbons (Fsp3) is 0.286. The Bertz CT molecular complexity index is 537. The molecule has 20 heavy (non-hydrogen) atoms. The van der Waals surface area contributed by atoms with Crippen molar-refractivity contribution in [2.75, 3.05) is 19.0 Å². The van der Waals surface area contributed by atoms with Crippen LogP contribution in [0.15, 0.2) is 36.8 Å². The molecule has 108 valence electrons. The molecule has 1 unspecified atom stereocenters. The molecule has 0 saturated heterocycles. The first kappa shape index (κ1) is 16.0. The van der Waals surface area contributed by atoms with Crippen LogP contribution in [0.25, 0.3) is 0 Å². The molecule has 1 aromatic heterocycles. The number of nitrogens with zero attached hydrogens (tertiary/aromatic N) is 2. The number of imidazole rings is 1. The second kappa shape index (κ2) is 6.96. The summed E-state index contributed by atoms with van der Waals surface area (Å²) in [6, 6.07) is 7.41. The summed E-state index contributed by atoms with van der Waals surface area (Å²) in [5, 5.41) is 2.92. The molecule has 0 spiro atoms. The number of rotatable bonds is 4. The number of carbonyl (C=O) groups is 1. The second-order valence-corrected chi connectivity index (χ2v) is 4.64. The summed E-state index contributed by atoms with van der Waals surface area (Å²) in [7, 11) is 3.94. The lowest BCUT2D eigenvalue weighted by Gasteiger charge is -2.14. The predicted octanol–water partition coefficient (Wildman–Crippen LogP) is 2.39. The molecular formula is C14H19ClN4O. The van der Waals surface area contributed by atoms with Gasteiger partial charge >= 0.3 is 0 Å². The topological polar surface area (TPSA) is 61.0 Å². The molecule has 0 radical (unpaired) electrons. The van der Waals surface area contributed by atoms with Gasteiger partial charge in [-0.1, -0.05) is 0 Å². The molecule has 1 aromatic carbocycles. The fourth-order valence-electron chi connectivity index (χ4n) is 1.77. The summed E-state index contributed by atoms with van der Waals surface area (Å²) < 4.78 is 0. The Kier molecular flexibility index (Phi) is 5.58. The first-order chi connectivity index (χ1) is 9.08. The van der Waals surface area contributed by atoms with Crippen molar-refractivity contribution in [1.29, 1.82) is 0 Å². The van der Waals surface area contributed by atoms with Crippen LogP contribution >= 0.6 is 12.4 Å². The van der Waals surface area contributed by atoms with Crippen molar-refractivity contribution in [2.24, 2.45) is 0 Å². The van der Waals surface area contributed by atoms with Gasteiger partial charge in [0.25, 0.3) is 5.91 Å². The summed E-state index contributed by atoms with van der Waals surface area (Å²) in [5.41, 5.74) is 2.60. The molecule has 2 N–H and O–H groups in total. The van der Waals surface area contributed by atoms with Gasteiger partial charge in [0.2, 0.25) is 0 Å². The molecule has 0 aliphatic heterocycles. The van der Waals surface area contributed by atoms with Crippen molar-refractivity contribution >= 4 is 24.0 Å². The van der Waals surface area contributed by atoms with E-state index in [2.05, 4.69) is 15.3 Å². The zero-order valence-corrected chi connectivity index (χ0v) is 12.6. The zero-order chi connectivity index (χ0) is 13.8. The van der Waals surface area contributed by atoms with E-state index < -0.39 is 0 Å². The van der Waals surface area contributed by atoms with E-state index in [0.717, 1.165) is 11.4 Å². The van der Waals surface area contributed by atoms with Crippen molar-refractivity contribution < 1.29 is 4.79 Å². The average molecular weight is 295 g/mol. The molecule has 1 heterocycles. The largest absolute Gasteiger partial charge is 0.378 e. The summed E-state index contributed by atoms with van der Waals surface area (Å²) >= 11 is 0. The van der Waals surface area contributed by atoms with Crippen molar-refractivity contribution in [2.45, 2.75) is 13.0 Å². The minimum Gasteiger partial charge on any atom is -0.378 e. The second-order valence-electron chi connectivity index (χ2n) is 4.64. The molecule has 6 heteroatoms. The molecule has 1 amide bonds. The van der Waals surface area contributed by atoms with Crippen LogP contribution in [0.3, 0.4) is 0 Å². The first-order valence-electron chi connectivity index (χ1n) is 6.14. The highest BCUT2D eigenvalue weighted by Gasteiger charge is 2.12. The van der Waals surface area contributed by atoms with E-state index in [1.54, 1.807) is 12.5 Å². The molecule has 0 bridgehead atoms. The van der Waals surface area contributed by atoms with Crippen molar-refractivity contribution in [3.63, 3.8) is 0 Å². The van der Waals surface area contributed by atoms with Crippen LogP contribution < -0.4 is 10.2 Å². The number of hydrogen-bond donors (Lipinski definition) is 2. The van der Waals surface area contributed by atoms with E-state index in [1.807, 2.05) is 50.2 Å². The Morgan fingerprint density at radius 1 is 1.30 bits per heavy atom. The highest BCUT2D eigenvalue weighted by atomic mass is 35.5. The van der Waals surface area contributed by atoms with E-state index in [0.29, 0.717) is 5.56 Å². The van der Waals surface area contributed by atoms with E-state index in [9.17, 15) is 4.79 Å². The summed E-state index contributed by atoms with van der Waals surface area (Å²) in [5.74, 6) is -0.0904. The van der Waals surface area contributed by atoms with Gasteiger partial charge in [0.15, 0.2) is 0 Å². The number of hydrogen-bond acceptors (Lipinski definition) is 3. The third-order valence-corrected chi connectivity index (χ3v) is 2.98. The Hall–Kier alpha value is -2.01. The zero-order valence-electron chi connectivity index (χ0n) is 11.8. The Morgan fingerprint density at radius 2 is 1.95 bits per heavy atom. The van der Waals surface area contributed by atoms with Gasteiger partial charge in [-0.25, -0.2) is 4.98 Å². The van der Waals surface area contributed by atoms with Gasteiger partial charge in [0.05, 0.1) is 24.3 Å². The van der Waals surface area contributed by atoms with Crippen LogP contribution in [-0.4, -0.2) is 30.0 Å². The lowest BCUT2D eigenvalue weighted by molar-refractivity contribution is 0.0939. The average Bonchev–Trinajstić information content (AvgIpc) is 2.92. The van der Waals surface area contributed by atoms with Crippen LogP contribution in [-0.2, 0) is 0 Å². The molecule has 2 rings (SSSR count). The van der Waals surface area contributed by atoms with Gasteiger partial charge in [-0.05, 0) is 31.2 Å². The highest BCUT2D eigenvalue weighted by Crippen LogP contribution is 2.14. The minimum absolute atomic E-state index is 0. The van der Waals surface area contributed by atoms with Crippen molar-refractivity contribution in [1.82, 2.24) is 15.3 Å². The number of nitrogens with one attached hydrogen (secondary N) is 2. The van der Waals surface area contributed by atoms with Crippen LogP contribution in [0.1, 0.15) is 29.0 Å². The number of H-pyrrole nitrogens is 1. The van der Waals surface area contributed by atoms with Crippen LogP contribution in [0.5, 0.6) is 0 Å². The van der Waals surface area contributed by atoms with Gasteiger partial charge in [-0.15, -0.1) is 12.4 Å². The van der Waals surface area contributed by atoms with Crippen molar-refractivity contribution in [3.8, 4) is 0 Å². The van der Waals surface area contributed by atoms with Crippen LogP contribution in [0.4, 0.5) is 5.69 Å². The summed E-state index contributed by atoms with van der Waals surface area (Å²) in [6.45, 7) is 1.92. The minimum atomic E-state index is -0.0940. The van der Waals surface area contributed by atoms with E-state index in [4.69, 9.17) is 0 Å². The molecule has 0 fully saturated rings. The SMILES string of the molecule is CC(NC(=O)c1ccc(N(C)C)cc1)c1cnc[nH]1.Cl. The lowest BCUT2D eigenvalue weighted by atomic mass is 10.1. The lowest BCUT2D eigenvalue weighted by Crippen LogP contribution is -2.26. The Morgan fingerprint density at radius 3 is 2.45 bits per heavy atom. The molecule has 2 aromatic rings. The van der Waals surface area contributed by atoms with Crippen LogP contribution in [0.2, 0.25) is 0 Å². The summed E-state index contributed by atoms with van der Waals surface area (Å²) in [4.78, 5) is 21.0. The number of halogens is 1. The summed E-state index contributed by atoms with van der Waals surface area (Å²) in [6.07, 6.45) is 3.31. The fourth-order valence-corrected chi connectivity index (χ4v) is 1.77. The number of amides is 1. The third-order valence-electron chi connectivity index (χ3n) is 2.98. The maximum absolute atomic E-state index is 12.1. The maximum atomic E-state index is 12.1. The third kappa shape index (κ3) is 3.74. The number of benzene rings is 1. The van der Waals surface area contributed by atoms with E-state index in [1.165, 1.54) is 0 Å². The molecule has 0 saturated carbocycles. The van der Waals surface area contributed by atoms with Gasteiger partial charge in [0.1, 0.15) is 0 Å². The van der Waals surface area contributed by atoms with Crippen LogP contribution in [0, 0.1) is 0 Å². The molecule has 5 nitrogen and oxygen atoms in total. The Balaban J connectivity index is 0.00000200. The highest BCUT2D eigenvalue weighted by molar-refractivity contribution is 5.94. The number of aromatic nitrogens is 2. The maximum Gasteiger partial charge on any atom is 0.251 e. The number of anilines is 1. The number of carbonyl (C=O) groups excluding carboxylic acids is 1. The predicted molar refractivity (Wildman–Crippen MR) is 82.5 cm³/mol. The van der Waals surface area contributed by atoms with Gasteiger partial charge in [-0.3, -0.25) is 4.79 Å². The van der Waals surface area contributed by atoms with Gasteiger partial charge < -0.3 is 15.2 Å².